The van der Waals surface area contributed by atoms with Crippen molar-refractivity contribution in [3.8, 4) is 0 Å². The number of hydrogen-bond acceptors (Lipinski definition) is 3. The van der Waals surface area contributed by atoms with Crippen LogP contribution < -0.4 is 5.73 Å². The van der Waals surface area contributed by atoms with Crippen LogP contribution in [0, 0.1) is 5.82 Å². The summed E-state index contributed by atoms with van der Waals surface area (Å²) in [6.45, 7) is 4.40. The van der Waals surface area contributed by atoms with E-state index < -0.39 is 0 Å². The number of aromatic nitrogens is 1. The van der Waals surface area contributed by atoms with Gasteiger partial charge in [-0.1, -0.05) is 19.1 Å². The quantitative estimate of drug-likeness (QED) is 0.840. The van der Waals surface area contributed by atoms with E-state index in [9.17, 15) is 4.39 Å². The highest BCUT2D eigenvalue weighted by Gasteiger charge is 2.07. The molecule has 3 nitrogen and oxygen atoms in total. The number of hydrogen-bond donors (Lipinski definition) is 1. The second-order valence-corrected chi connectivity index (χ2v) is 4.48. The fourth-order valence-electron chi connectivity index (χ4n) is 1.93. The minimum Gasteiger partial charge on any atom is -0.396 e. The molecule has 0 saturated heterocycles. The Morgan fingerprint density at radius 3 is 2.68 bits per heavy atom. The lowest BCUT2D eigenvalue weighted by Gasteiger charge is -2.20. The van der Waals surface area contributed by atoms with Gasteiger partial charge in [0.2, 0.25) is 0 Å². The predicted octanol–water partition coefficient (Wildman–Crippen LogP) is 2.83. The maximum absolute atomic E-state index is 13.4. The molecule has 0 spiro atoms. The molecule has 1 aromatic heterocycles. The van der Waals surface area contributed by atoms with Crippen molar-refractivity contribution in [3.63, 3.8) is 0 Å². The third-order valence-corrected chi connectivity index (χ3v) is 3.03. The summed E-state index contributed by atoms with van der Waals surface area (Å²) in [7, 11) is 0. The molecule has 0 fully saturated rings. The SMILES string of the molecule is CCN(Cc1ccc(N)c(F)c1)Cc1ccccn1. The Morgan fingerprint density at radius 1 is 1.21 bits per heavy atom. The first kappa shape index (κ1) is 13.5. The molecule has 2 rings (SSSR count). The molecule has 0 bridgehead atoms. The summed E-state index contributed by atoms with van der Waals surface area (Å²) in [4.78, 5) is 6.51. The molecule has 19 heavy (non-hydrogen) atoms. The average Bonchev–Trinajstić information content (AvgIpc) is 2.43. The number of rotatable bonds is 5. The Morgan fingerprint density at radius 2 is 2.05 bits per heavy atom. The second-order valence-electron chi connectivity index (χ2n) is 4.48. The largest absolute Gasteiger partial charge is 0.396 e. The molecule has 4 heteroatoms. The zero-order valence-corrected chi connectivity index (χ0v) is 11.0. The average molecular weight is 259 g/mol. The van der Waals surface area contributed by atoms with Crippen LogP contribution >= 0.6 is 0 Å². The molecular weight excluding hydrogens is 241 g/mol. The molecule has 0 amide bonds. The third-order valence-electron chi connectivity index (χ3n) is 3.03. The van der Waals surface area contributed by atoms with Crippen molar-refractivity contribution in [1.82, 2.24) is 9.88 Å². The lowest BCUT2D eigenvalue weighted by atomic mass is 10.2. The van der Waals surface area contributed by atoms with Gasteiger partial charge in [-0.05, 0) is 36.4 Å². The van der Waals surface area contributed by atoms with E-state index >= 15 is 0 Å². The summed E-state index contributed by atoms with van der Waals surface area (Å²) >= 11 is 0. The zero-order valence-electron chi connectivity index (χ0n) is 11.0. The third kappa shape index (κ3) is 3.76. The lowest BCUT2D eigenvalue weighted by molar-refractivity contribution is 0.268. The molecule has 0 radical (unpaired) electrons. The van der Waals surface area contributed by atoms with E-state index in [2.05, 4.69) is 16.8 Å². The molecule has 0 unspecified atom stereocenters. The number of anilines is 1. The number of benzene rings is 1. The van der Waals surface area contributed by atoms with Crippen molar-refractivity contribution in [2.45, 2.75) is 20.0 Å². The fourth-order valence-corrected chi connectivity index (χ4v) is 1.93. The van der Waals surface area contributed by atoms with Gasteiger partial charge in [-0.2, -0.15) is 0 Å². The van der Waals surface area contributed by atoms with Gasteiger partial charge in [-0.3, -0.25) is 9.88 Å². The minimum atomic E-state index is -0.355. The predicted molar refractivity (Wildman–Crippen MR) is 74.8 cm³/mol. The number of pyridine rings is 1. The van der Waals surface area contributed by atoms with E-state index in [1.54, 1.807) is 12.3 Å². The number of halogens is 1. The smallest absolute Gasteiger partial charge is 0.146 e. The standard InChI is InChI=1S/C15H18FN3/c1-2-19(11-13-5-3-4-8-18-13)10-12-6-7-15(17)14(16)9-12/h3-9H,2,10-11,17H2,1H3. The number of nitrogen functional groups attached to an aromatic ring is 1. The van der Waals surface area contributed by atoms with Crippen LogP contribution in [0.15, 0.2) is 42.6 Å². The van der Waals surface area contributed by atoms with Crippen LogP contribution in [0.1, 0.15) is 18.2 Å². The van der Waals surface area contributed by atoms with Crippen LogP contribution in [0.2, 0.25) is 0 Å². The zero-order chi connectivity index (χ0) is 13.7. The van der Waals surface area contributed by atoms with Crippen molar-refractivity contribution in [3.05, 3.63) is 59.7 Å². The summed E-state index contributed by atoms with van der Waals surface area (Å²) in [6.07, 6.45) is 1.78. The van der Waals surface area contributed by atoms with Gasteiger partial charge in [0.05, 0.1) is 11.4 Å². The van der Waals surface area contributed by atoms with Crippen molar-refractivity contribution in [2.75, 3.05) is 12.3 Å². The summed E-state index contributed by atoms with van der Waals surface area (Å²) in [6, 6.07) is 10.8. The monoisotopic (exact) mass is 259 g/mol. The molecule has 2 aromatic rings. The fraction of sp³-hybridized carbons (Fsp3) is 0.267. The van der Waals surface area contributed by atoms with Crippen molar-refractivity contribution in [2.24, 2.45) is 0 Å². The van der Waals surface area contributed by atoms with E-state index in [0.717, 1.165) is 24.3 Å². The lowest BCUT2D eigenvalue weighted by Crippen LogP contribution is -2.22. The maximum atomic E-state index is 13.4. The van der Waals surface area contributed by atoms with Gasteiger partial charge < -0.3 is 5.73 Å². The Kier molecular flexibility index (Phi) is 4.47. The van der Waals surface area contributed by atoms with Crippen LogP contribution in [0.3, 0.4) is 0 Å². The Balaban J connectivity index is 2.04. The van der Waals surface area contributed by atoms with Crippen molar-refractivity contribution in [1.29, 1.82) is 0 Å². The van der Waals surface area contributed by atoms with Gasteiger partial charge in [0.25, 0.3) is 0 Å². The van der Waals surface area contributed by atoms with E-state index in [1.165, 1.54) is 6.07 Å². The highest BCUT2D eigenvalue weighted by molar-refractivity contribution is 5.41. The van der Waals surface area contributed by atoms with Crippen molar-refractivity contribution >= 4 is 5.69 Å². The Labute approximate surface area is 112 Å². The normalized spacial score (nSPS) is 10.9. The van der Waals surface area contributed by atoms with Crippen LogP contribution in [0.25, 0.3) is 0 Å². The van der Waals surface area contributed by atoms with Crippen LogP contribution in [-0.2, 0) is 13.1 Å². The topological polar surface area (TPSA) is 42.1 Å². The molecule has 1 aromatic carbocycles. The minimum absolute atomic E-state index is 0.191. The summed E-state index contributed by atoms with van der Waals surface area (Å²) < 4.78 is 13.4. The van der Waals surface area contributed by atoms with E-state index in [1.807, 2.05) is 24.3 Å². The van der Waals surface area contributed by atoms with Crippen LogP contribution in [-0.4, -0.2) is 16.4 Å². The van der Waals surface area contributed by atoms with Gasteiger partial charge in [-0.15, -0.1) is 0 Å². The summed E-state index contributed by atoms with van der Waals surface area (Å²) in [5.74, 6) is -0.355. The molecule has 1 heterocycles. The van der Waals surface area contributed by atoms with Gasteiger partial charge in [-0.25, -0.2) is 4.39 Å². The van der Waals surface area contributed by atoms with Crippen LogP contribution in [0.5, 0.6) is 0 Å². The molecule has 0 aliphatic rings. The van der Waals surface area contributed by atoms with Gasteiger partial charge >= 0.3 is 0 Å². The van der Waals surface area contributed by atoms with E-state index in [0.29, 0.717) is 6.54 Å². The Bertz CT molecular complexity index is 528. The first-order chi connectivity index (χ1) is 9.19. The molecule has 0 aliphatic heterocycles. The van der Waals surface area contributed by atoms with E-state index in [-0.39, 0.29) is 11.5 Å². The molecule has 0 aliphatic carbocycles. The van der Waals surface area contributed by atoms with Gasteiger partial charge in [0.15, 0.2) is 0 Å². The molecule has 100 valence electrons. The highest BCUT2D eigenvalue weighted by atomic mass is 19.1. The molecule has 0 atom stereocenters. The number of nitrogens with zero attached hydrogens (tertiary/aromatic N) is 2. The first-order valence-corrected chi connectivity index (χ1v) is 6.35. The van der Waals surface area contributed by atoms with Gasteiger partial charge in [0, 0.05) is 19.3 Å². The molecular formula is C15H18FN3. The second kappa shape index (κ2) is 6.29. The molecule has 2 N–H and O–H groups in total. The summed E-state index contributed by atoms with van der Waals surface area (Å²) in [5.41, 5.74) is 7.60. The van der Waals surface area contributed by atoms with Gasteiger partial charge in [0.1, 0.15) is 5.82 Å². The maximum Gasteiger partial charge on any atom is 0.146 e. The first-order valence-electron chi connectivity index (χ1n) is 6.35. The summed E-state index contributed by atoms with van der Waals surface area (Å²) in [5, 5.41) is 0. The number of nitrogens with two attached hydrogens (primary N) is 1. The highest BCUT2D eigenvalue weighted by Crippen LogP contribution is 2.14. The molecule has 0 saturated carbocycles. The Hall–Kier alpha value is -1.94. The van der Waals surface area contributed by atoms with Crippen molar-refractivity contribution < 1.29 is 4.39 Å². The van der Waals surface area contributed by atoms with E-state index in [4.69, 9.17) is 5.73 Å². The van der Waals surface area contributed by atoms with Crippen LogP contribution in [0.4, 0.5) is 10.1 Å².